The van der Waals surface area contributed by atoms with Crippen molar-refractivity contribution >= 4 is 56.1 Å². The van der Waals surface area contributed by atoms with Gasteiger partial charge >= 0.3 is 0 Å². The van der Waals surface area contributed by atoms with Crippen LogP contribution in [0.25, 0.3) is 10.2 Å². The molecule has 2 aromatic heterocycles. The summed E-state index contributed by atoms with van der Waals surface area (Å²) in [6, 6.07) is 7.90. The lowest BCUT2D eigenvalue weighted by Gasteiger charge is -2.31. The van der Waals surface area contributed by atoms with Crippen LogP contribution in [0.2, 0.25) is 0 Å². The molecule has 1 aliphatic heterocycles. The van der Waals surface area contributed by atoms with Gasteiger partial charge in [0.1, 0.15) is 5.76 Å². The van der Waals surface area contributed by atoms with E-state index in [1.54, 1.807) is 0 Å². The van der Waals surface area contributed by atoms with Gasteiger partial charge in [-0.1, -0.05) is 23.5 Å². The molecule has 3 heterocycles. The summed E-state index contributed by atoms with van der Waals surface area (Å²) in [6.07, 6.45) is 3.21. The first-order chi connectivity index (χ1) is 12.7. The molecule has 1 fully saturated rings. The topological polar surface area (TPSA) is 55.1 Å². The van der Waals surface area contributed by atoms with Gasteiger partial charge in [0.2, 0.25) is 0 Å². The molecule has 0 radical (unpaired) electrons. The molecule has 2 aliphatic rings. The van der Waals surface area contributed by atoms with Crippen molar-refractivity contribution < 1.29 is 9.21 Å². The van der Waals surface area contributed by atoms with Crippen LogP contribution < -0.4 is 5.32 Å². The predicted octanol–water partition coefficient (Wildman–Crippen LogP) is 5.42. The molecule has 1 aliphatic carbocycles. The number of rotatable bonds is 2. The van der Waals surface area contributed by atoms with E-state index in [1.807, 2.05) is 54.7 Å². The Bertz CT molecular complexity index is 969. The Hall–Kier alpha value is -1.44. The summed E-state index contributed by atoms with van der Waals surface area (Å²) in [5.74, 6) is 3.59. The highest BCUT2D eigenvalue weighted by atomic mass is 32.2. The molecule has 3 aromatic rings. The van der Waals surface area contributed by atoms with Gasteiger partial charge in [0, 0.05) is 29.1 Å². The van der Waals surface area contributed by atoms with E-state index in [2.05, 4.69) is 10.3 Å². The minimum Gasteiger partial charge on any atom is -0.455 e. The first kappa shape index (κ1) is 16.7. The average Bonchev–Trinajstić information content (AvgIpc) is 3.33. The maximum atomic E-state index is 12.9. The predicted molar refractivity (Wildman–Crippen MR) is 111 cm³/mol. The summed E-state index contributed by atoms with van der Waals surface area (Å²) >= 11 is 5.52. The third-order valence-electron chi connectivity index (χ3n) is 4.98. The molecule has 1 N–H and O–H groups in total. The summed E-state index contributed by atoms with van der Waals surface area (Å²) in [6.45, 7) is 2.03. The number of furan rings is 1. The third kappa shape index (κ3) is 2.60. The van der Waals surface area contributed by atoms with Gasteiger partial charge in [-0.05, 0) is 31.9 Å². The molecule has 0 bridgehead atoms. The number of aromatic nitrogens is 1. The van der Waals surface area contributed by atoms with Crippen molar-refractivity contribution in [3.63, 3.8) is 0 Å². The fraction of sp³-hybridized carbons (Fsp3) is 0.368. The Morgan fingerprint density at radius 2 is 2.08 bits per heavy atom. The van der Waals surface area contributed by atoms with Gasteiger partial charge in [-0.2, -0.15) is 0 Å². The van der Waals surface area contributed by atoms with Crippen LogP contribution >= 0.6 is 34.9 Å². The van der Waals surface area contributed by atoms with Gasteiger partial charge in [-0.25, -0.2) is 4.98 Å². The van der Waals surface area contributed by atoms with Crippen molar-refractivity contribution in [3.8, 4) is 0 Å². The van der Waals surface area contributed by atoms with Gasteiger partial charge in [0.15, 0.2) is 10.9 Å². The standard InChI is InChI=1S/C19H18N2O2S3/c1-11-15-13(6-4-8-19(15)24-9-10-25-19)23-16(11)17(22)21-18-20-12-5-2-3-7-14(12)26-18/h2-3,5,7H,4,6,8-10H2,1H3,(H,20,21,22). The van der Waals surface area contributed by atoms with E-state index in [-0.39, 0.29) is 9.99 Å². The fourth-order valence-corrected chi connectivity index (χ4v) is 8.31. The van der Waals surface area contributed by atoms with Crippen molar-refractivity contribution in [2.24, 2.45) is 0 Å². The van der Waals surface area contributed by atoms with Gasteiger partial charge in [-0.3, -0.25) is 10.1 Å². The number of carbonyl (C=O) groups excluding carboxylic acids is 1. The Morgan fingerprint density at radius 3 is 2.88 bits per heavy atom. The highest BCUT2D eigenvalue weighted by Gasteiger charge is 2.45. The molecule has 26 heavy (non-hydrogen) atoms. The van der Waals surface area contributed by atoms with Crippen LogP contribution in [0.1, 0.15) is 40.3 Å². The number of hydrogen-bond acceptors (Lipinski definition) is 6. The van der Waals surface area contributed by atoms with Crippen LogP contribution in [0.3, 0.4) is 0 Å². The van der Waals surface area contributed by atoms with Crippen molar-refractivity contribution in [2.75, 3.05) is 16.8 Å². The number of fused-ring (bicyclic) bond motifs is 3. The first-order valence-corrected chi connectivity index (χ1v) is 11.5. The number of amides is 1. The Kier molecular flexibility index (Phi) is 4.06. The minimum absolute atomic E-state index is 0.0928. The quantitative estimate of drug-likeness (QED) is 0.620. The van der Waals surface area contributed by atoms with Crippen molar-refractivity contribution in [2.45, 2.75) is 30.3 Å². The Morgan fingerprint density at radius 1 is 1.27 bits per heavy atom. The second-order valence-electron chi connectivity index (χ2n) is 6.60. The van der Waals surface area contributed by atoms with Gasteiger partial charge in [0.25, 0.3) is 5.91 Å². The Balaban J connectivity index is 1.48. The van der Waals surface area contributed by atoms with Gasteiger partial charge in [-0.15, -0.1) is 23.5 Å². The summed E-state index contributed by atoms with van der Waals surface area (Å²) in [5.41, 5.74) is 3.17. The van der Waals surface area contributed by atoms with Crippen LogP contribution in [0.4, 0.5) is 5.13 Å². The van der Waals surface area contributed by atoms with Crippen molar-refractivity contribution in [1.82, 2.24) is 4.98 Å². The SMILES string of the molecule is Cc1c(C(=O)Nc2nc3ccccc3s2)oc2c1C1(CCC2)SCCS1. The van der Waals surface area contributed by atoms with Crippen LogP contribution in [0.15, 0.2) is 28.7 Å². The number of anilines is 1. The number of hydrogen-bond donors (Lipinski definition) is 1. The van der Waals surface area contributed by atoms with Crippen LogP contribution in [-0.2, 0) is 10.5 Å². The summed E-state index contributed by atoms with van der Waals surface area (Å²) < 4.78 is 7.23. The van der Waals surface area contributed by atoms with Crippen LogP contribution in [0, 0.1) is 6.92 Å². The van der Waals surface area contributed by atoms with E-state index in [4.69, 9.17) is 4.42 Å². The summed E-state index contributed by atoms with van der Waals surface area (Å²) in [4.78, 5) is 17.4. The molecule has 0 saturated carbocycles. The van der Waals surface area contributed by atoms with Gasteiger partial charge < -0.3 is 4.42 Å². The highest BCUT2D eigenvalue weighted by molar-refractivity contribution is 8.20. The number of thioether (sulfide) groups is 2. The monoisotopic (exact) mass is 402 g/mol. The maximum absolute atomic E-state index is 12.9. The van der Waals surface area contributed by atoms with Crippen molar-refractivity contribution in [3.05, 3.63) is 46.9 Å². The van der Waals surface area contributed by atoms with E-state index >= 15 is 0 Å². The molecule has 7 heteroatoms. The summed E-state index contributed by atoms with van der Waals surface area (Å²) in [5, 5.41) is 3.55. The van der Waals surface area contributed by atoms with E-state index in [1.165, 1.54) is 28.4 Å². The number of nitrogens with zero attached hydrogens (tertiary/aromatic N) is 1. The zero-order chi connectivity index (χ0) is 17.7. The molecule has 1 aromatic carbocycles. The average molecular weight is 403 g/mol. The molecule has 4 nitrogen and oxygen atoms in total. The van der Waals surface area contributed by atoms with Crippen molar-refractivity contribution in [1.29, 1.82) is 0 Å². The smallest absolute Gasteiger partial charge is 0.293 e. The number of nitrogens with one attached hydrogen (secondary N) is 1. The normalized spacial score (nSPS) is 18.3. The second-order valence-corrected chi connectivity index (χ2v) is 10.7. The zero-order valence-electron chi connectivity index (χ0n) is 14.3. The molecule has 1 saturated heterocycles. The number of para-hydroxylation sites is 1. The first-order valence-electron chi connectivity index (χ1n) is 8.74. The lowest BCUT2D eigenvalue weighted by molar-refractivity contribution is 0.0994. The molecule has 0 atom stereocenters. The highest BCUT2D eigenvalue weighted by Crippen LogP contribution is 2.59. The van der Waals surface area contributed by atoms with E-state index in [0.717, 1.165) is 40.8 Å². The van der Waals surface area contributed by atoms with Crippen LogP contribution in [0.5, 0.6) is 0 Å². The molecule has 0 unspecified atom stereocenters. The molecule has 5 rings (SSSR count). The second kappa shape index (κ2) is 6.32. The minimum atomic E-state index is -0.195. The Labute approximate surface area is 164 Å². The number of carbonyl (C=O) groups is 1. The number of aryl methyl sites for hydroxylation is 1. The number of benzene rings is 1. The van der Waals surface area contributed by atoms with E-state index < -0.39 is 0 Å². The number of thiazole rings is 1. The molecule has 1 amide bonds. The molecular weight excluding hydrogens is 384 g/mol. The van der Waals surface area contributed by atoms with E-state index in [0.29, 0.717) is 10.9 Å². The maximum Gasteiger partial charge on any atom is 0.293 e. The molecule has 1 spiro atoms. The zero-order valence-corrected chi connectivity index (χ0v) is 16.8. The lowest BCUT2D eigenvalue weighted by Crippen LogP contribution is -2.21. The fourth-order valence-electron chi connectivity index (χ4n) is 3.89. The van der Waals surface area contributed by atoms with Crippen LogP contribution in [-0.4, -0.2) is 22.4 Å². The lowest BCUT2D eigenvalue weighted by atomic mass is 9.94. The van der Waals surface area contributed by atoms with E-state index in [9.17, 15) is 4.79 Å². The largest absolute Gasteiger partial charge is 0.455 e. The van der Waals surface area contributed by atoms with Gasteiger partial charge in [0.05, 0.1) is 14.3 Å². The third-order valence-corrected chi connectivity index (χ3v) is 9.47. The summed E-state index contributed by atoms with van der Waals surface area (Å²) in [7, 11) is 0. The molecular formula is C19H18N2O2S3. The molecule has 134 valence electrons.